The van der Waals surface area contributed by atoms with E-state index < -0.39 is 0 Å². The van der Waals surface area contributed by atoms with Gasteiger partial charge >= 0.3 is 0 Å². The van der Waals surface area contributed by atoms with Crippen molar-refractivity contribution in [2.24, 2.45) is 0 Å². The van der Waals surface area contributed by atoms with Crippen LogP contribution in [0.3, 0.4) is 0 Å². The number of fused-ring (bicyclic) bond motifs is 2. The molecular formula is C43H61ClN10O4. The second-order valence-corrected chi connectivity index (χ2v) is 17.1. The third kappa shape index (κ3) is 14.2. The van der Waals surface area contributed by atoms with E-state index in [0.29, 0.717) is 19.0 Å². The lowest BCUT2D eigenvalue weighted by molar-refractivity contribution is -0.122. The van der Waals surface area contributed by atoms with Gasteiger partial charge in [-0.3, -0.25) is 19.6 Å². The van der Waals surface area contributed by atoms with E-state index in [9.17, 15) is 9.59 Å². The predicted molar refractivity (Wildman–Crippen MR) is 229 cm³/mol. The predicted octanol–water partition coefficient (Wildman–Crippen LogP) is 6.03. The van der Waals surface area contributed by atoms with Gasteiger partial charge in [-0.25, -0.2) is 19.9 Å². The van der Waals surface area contributed by atoms with Crippen molar-refractivity contribution in [2.45, 2.75) is 111 Å². The van der Waals surface area contributed by atoms with Crippen LogP contribution >= 0.6 is 11.6 Å². The summed E-state index contributed by atoms with van der Waals surface area (Å²) >= 11 is 5.97. The zero-order valence-electron chi connectivity index (χ0n) is 36.1. The molecular weight excluding hydrogens is 756 g/mol. The number of pyridine rings is 2. The van der Waals surface area contributed by atoms with Crippen LogP contribution in [0.4, 0.5) is 11.6 Å². The molecule has 0 fully saturated rings. The van der Waals surface area contributed by atoms with Crippen LogP contribution in [-0.4, -0.2) is 94.2 Å². The van der Waals surface area contributed by atoms with Crippen LogP contribution in [0.2, 0.25) is 5.28 Å². The van der Waals surface area contributed by atoms with E-state index >= 15 is 0 Å². The number of nitrogens with one attached hydrogen (secondary N) is 2. The molecule has 0 saturated heterocycles. The van der Waals surface area contributed by atoms with E-state index in [0.717, 1.165) is 89.6 Å². The highest BCUT2D eigenvalue weighted by molar-refractivity contribution is 6.28. The summed E-state index contributed by atoms with van der Waals surface area (Å²) in [7, 11) is 7.12. The van der Waals surface area contributed by atoms with Crippen molar-refractivity contribution in [3.05, 3.63) is 81.3 Å². The topological polar surface area (TPSA) is 160 Å². The van der Waals surface area contributed by atoms with Crippen molar-refractivity contribution >= 4 is 35.1 Å². The first kappa shape index (κ1) is 45.9. The van der Waals surface area contributed by atoms with Crippen molar-refractivity contribution in [3.8, 4) is 11.5 Å². The summed E-state index contributed by atoms with van der Waals surface area (Å²) < 4.78 is 10.2. The number of ether oxygens (including phenoxy) is 2. The highest BCUT2D eigenvalue weighted by Crippen LogP contribution is 2.31. The number of hydrogen-bond acceptors (Lipinski definition) is 12. The summed E-state index contributed by atoms with van der Waals surface area (Å²) in [5.41, 5.74) is 7.80. The number of anilines is 2. The van der Waals surface area contributed by atoms with E-state index in [-0.39, 0.29) is 41.3 Å². The SMILES string of the molecule is CN(CC(=O)NC(C)(C)C)c1nc(Cl)nc2c1CCC2.COCc1ccnc(-c2nc3c(c(N(C)CC(=O)NC(C)(C)C)n2)CCC3)c1.COCc1ccnc(C)c1. The number of carbonyl (C=O) groups excluding carboxylic acids is 2. The first-order valence-corrected chi connectivity index (χ1v) is 20.1. The van der Waals surface area contributed by atoms with Crippen LogP contribution in [0.15, 0.2) is 36.7 Å². The summed E-state index contributed by atoms with van der Waals surface area (Å²) in [5.74, 6) is 2.14. The quantitative estimate of drug-likeness (QED) is 0.170. The van der Waals surface area contributed by atoms with Crippen molar-refractivity contribution < 1.29 is 19.1 Å². The molecule has 0 aromatic carbocycles. The van der Waals surface area contributed by atoms with Crippen molar-refractivity contribution in [1.82, 2.24) is 40.5 Å². The largest absolute Gasteiger partial charge is 0.380 e. The standard InChI is InChI=1S/C21H29N5O2.C14H21ClN4O.C8H11NO/c1-21(2,3)25-18(27)12-26(4)20-15-7-6-8-16(15)23-19(24-20)17-11-14(13-28-5)9-10-22-17;1-14(2,3)18-11(20)8-19(4)12-9-6-5-7-10(9)16-13(15)17-12;1-7-5-8(6-10-2)3-4-9-7/h9-11H,6-8,12-13H2,1-5H3,(H,25,27);5-8H2,1-4H3,(H,18,20);3-5H,6H2,1-2H3. The molecule has 2 aliphatic carbocycles. The highest BCUT2D eigenvalue weighted by atomic mass is 35.5. The number of likely N-dealkylation sites (N-methyl/N-ethyl adjacent to an activating group) is 2. The first-order chi connectivity index (χ1) is 27.3. The lowest BCUT2D eigenvalue weighted by Gasteiger charge is -2.25. The maximum atomic E-state index is 12.4. The summed E-state index contributed by atoms with van der Waals surface area (Å²) in [4.78, 5) is 54.8. The van der Waals surface area contributed by atoms with Crippen LogP contribution in [-0.2, 0) is 58.0 Å². The molecule has 0 atom stereocenters. The Morgan fingerprint density at radius 2 is 1.19 bits per heavy atom. The second-order valence-electron chi connectivity index (χ2n) is 16.8. The van der Waals surface area contributed by atoms with Gasteiger partial charge in [-0.15, -0.1) is 0 Å². The Balaban J connectivity index is 0.000000215. The fourth-order valence-electron chi connectivity index (χ4n) is 6.75. The molecule has 58 heavy (non-hydrogen) atoms. The fraction of sp³-hybridized carbons (Fsp3) is 0.535. The molecule has 2 aliphatic rings. The van der Waals surface area contributed by atoms with Gasteiger partial charge in [-0.05, 0) is 134 Å². The molecule has 6 rings (SSSR count). The van der Waals surface area contributed by atoms with Gasteiger partial charge in [0.2, 0.25) is 17.1 Å². The van der Waals surface area contributed by atoms with Gasteiger partial charge in [0.05, 0.1) is 32.0 Å². The molecule has 0 aliphatic heterocycles. The van der Waals surface area contributed by atoms with Gasteiger partial charge in [0.1, 0.15) is 17.3 Å². The molecule has 0 unspecified atom stereocenters. The zero-order valence-corrected chi connectivity index (χ0v) is 36.9. The molecule has 314 valence electrons. The smallest absolute Gasteiger partial charge is 0.239 e. The van der Waals surface area contributed by atoms with Gasteiger partial charge < -0.3 is 29.9 Å². The second kappa shape index (κ2) is 20.8. The van der Waals surface area contributed by atoms with Gasteiger partial charge in [0.25, 0.3) is 0 Å². The Hall–Kier alpha value is -4.79. The Kier molecular flexibility index (Phi) is 16.4. The van der Waals surface area contributed by atoms with Gasteiger partial charge in [0, 0.05) is 74.3 Å². The lowest BCUT2D eigenvalue weighted by Crippen LogP contribution is -2.45. The first-order valence-electron chi connectivity index (χ1n) is 19.7. The maximum absolute atomic E-state index is 12.4. The number of carbonyl (C=O) groups is 2. The highest BCUT2D eigenvalue weighted by Gasteiger charge is 2.25. The Morgan fingerprint density at radius 1 is 0.707 bits per heavy atom. The number of nitrogens with zero attached hydrogens (tertiary/aromatic N) is 8. The lowest BCUT2D eigenvalue weighted by atomic mass is 10.1. The number of rotatable bonds is 11. The van der Waals surface area contributed by atoms with Crippen molar-refractivity contribution in [2.75, 3.05) is 51.2 Å². The number of aryl methyl sites for hydroxylation is 3. The van der Waals surface area contributed by atoms with Crippen LogP contribution in [0.1, 0.15) is 93.7 Å². The van der Waals surface area contributed by atoms with E-state index in [1.165, 1.54) is 5.56 Å². The maximum Gasteiger partial charge on any atom is 0.239 e. The van der Waals surface area contributed by atoms with E-state index in [4.69, 9.17) is 31.0 Å². The molecule has 0 spiro atoms. The van der Waals surface area contributed by atoms with E-state index in [2.05, 4.69) is 30.6 Å². The summed E-state index contributed by atoms with van der Waals surface area (Å²) in [6.07, 6.45) is 9.42. The molecule has 14 nitrogen and oxygen atoms in total. The number of amides is 2. The van der Waals surface area contributed by atoms with Gasteiger partial charge in [-0.2, -0.15) is 0 Å². The van der Waals surface area contributed by atoms with Gasteiger partial charge in [0.15, 0.2) is 5.82 Å². The van der Waals surface area contributed by atoms with Crippen molar-refractivity contribution in [3.63, 3.8) is 0 Å². The Bertz CT molecular complexity index is 2010. The fourth-order valence-corrected chi connectivity index (χ4v) is 6.93. The number of methoxy groups -OCH3 is 2. The number of hydrogen-bond donors (Lipinski definition) is 2. The van der Waals surface area contributed by atoms with Crippen molar-refractivity contribution in [1.29, 1.82) is 0 Å². The molecule has 4 heterocycles. The molecule has 4 aromatic heterocycles. The van der Waals surface area contributed by atoms with E-state index in [1.54, 1.807) is 26.6 Å². The average molecular weight is 817 g/mol. The molecule has 4 aromatic rings. The molecule has 2 amide bonds. The minimum Gasteiger partial charge on any atom is -0.380 e. The molecule has 0 bridgehead atoms. The van der Waals surface area contributed by atoms with Crippen LogP contribution in [0, 0.1) is 6.92 Å². The van der Waals surface area contributed by atoms with Crippen LogP contribution < -0.4 is 20.4 Å². The normalized spacial score (nSPS) is 13.0. The minimum atomic E-state index is -0.261. The monoisotopic (exact) mass is 816 g/mol. The Morgan fingerprint density at radius 3 is 1.69 bits per heavy atom. The molecule has 15 heteroatoms. The Labute approximate surface area is 349 Å². The average Bonchev–Trinajstić information content (AvgIpc) is 3.80. The molecule has 0 radical (unpaired) electrons. The summed E-state index contributed by atoms with van der Waals surface area (Å²) in [5, 5.41) is 6.20. The van der Waals surface area contributed by atoms with Gasteiger partial charge in [-0.1, -0.05) is 0 Å². The summed E-state index contributed by atoms with van der Waals surface area (Å²) in [6, 6.07) is 7.85. The number of halogens is 1. The number of aromatic nitrogens is 6. The third-order valence-corrected chi connectivity index (χ3v) is 9.11. The van der Waals surface area contributed by atoms with Crippen LogP contribution in [0.25, 0.3) is 11.5 Å². The zero-order chi connectivity index (χ0) is 42.6. The van der Waals surface area contributed by atoms with Crippen LogP contribution in [0.5, 0.6) is 0 Å². The minimum absolute atomic E-state index is 0.0258. The van der Waals surface area contributed by atoms with E-state index in [1.807, 2.05) is 96.6 Å². The third-order valence-electron chi connectivity index (χ3n) is 8.95. The molecule has 0 saturated carbocycles. The summed E-state index contributed by atoms with van der Waals surface area (Å²) in [6.45, 7) is 15.5. The molecule has 2 N–H and O–H groups in total.